The summed E-state index contributed by atoms with van der Waals surface area (Å²) in [6, 6.07) is 18.0. The molecule has 0 aliphatic rings. The number of rotatable bonds is 2. The SMILES string of the molecule is Nc1c2ccccc2cc[n+]1Cn1nnc2ccccc21.[Cl-]. The molecule has 0 amide bonds. The zero-order chi connectivity index (χ0) is 14.2. The van der Waals surface area contributed by atoms with Crippen LogP contribution in [0.5, 0.6) is 0 Å². The van der Waals surface area contributed by atoms with Crippen LogP contribution >= 0.6 is 0 Å². The average molecular weight is 312 g/mol. The third-order valence-electron chi connectivity index (χ3n) is 3.69. The molecule has 0 atom stereocenters. The first-order valence-electron chi connectivity index (χ1n) is 6.78. The maximum Gasteiger partial charge on any atom is 0.281 e. The Morgan fingerprint density at radius 3 is 2.68 bits per heavy atom. The molecule has 2 aromatic heterocycles. The number of nitrogen functional groups attached to an aromatic ring is 1. The second-order valence-electron chi connectivity index (χ2n) is 4.98. The van der Waals surface area contributed by atoms with E-state index in [0.29, 0.717) is 6.67 Å². The molecule has 4 rings (SSSR count). The summed E-state index contributed by atoms with van der Waals surface area (Å²) in [5, 5.41) is 10.5. The predicted octanol–water partition coefficient (Wildman–Crippen LogP) is -1.04. The molecule has 0 fully saturated rings. The molecule has 22 heavy (non-hydrogen) atoms. The molecule has 0 unspecified atom stereocenters. The molecular weight excluding hydrogens is 298 g/mol. The van der Waals surface area contributed by atoms with Crippen molar-refractivity contribution in [2.24, 2.45) is 0 Å². The van der Waals surface area contributed by atoms with Crippen molar-refractivity contribution in [1.29, 1.82) is 0 Å². The Kier molecular flexibility index (Phi) is 3.65. The van der Waals surface area contributed by atoms with E-state index in [2.05, 4.69) is 22.4 Å². The Morgan fingerprint density at radius 1 is 1.00 bits per heavy atom. The Balaban J connectivity index is 0.00000144. The van der Waals surface area contributed by atoms with Crippen LogP contribution in [0.25, 0.3) is 21.8 Å². The Morgan fingerprint density at radius 2 is 1.77 bits per heavy atom. The van der Waals surface area contributed by atoms with Gasteiger partial charge in [-0.25, -0.2) is 9.25 Å². The molecule has 0 bridgehead atoms. The second kappa shape index (κ2) is 5.61. The van der Waals surface area contributed by atoms with Gasteiger partial charge in [0.2, 0.25) is 0 Å². The number of para-hydroxylation sites is 1. The van der Waals surface area contributed by atoms with Gasteiger partial charge in [0.15, 0.2) is 6.67 Å². The maximum absolute atomic E-state index is 6.28. The zero-order valence-corrected chi connectivity index (χ0v) is 12.5. The molecule has 0 saturated heterocycles. The number of aromatic nitrogens is 4. The van der Waals surface area contributed by atoms with Gasteiger partial charge in [-0.3, -0.25) is 5.73 Å². The normalized spacial score (nSPS) is 10.7. The number of halogens is 1. The number of fused-ring (bicyclic) bond motifs is 2. The monoisotopic (exact) mass is 311 g/mol. The number of hydrogen-bond acceptors (Lipinski definition) is 3. The number of nitrogens with zero attached hydrogens (tertiary/aromatic N) is 4. The van der Waals surface area contributed by atoms with Gasteiger partial charge in [-0.1, -0.05) is 35.5 Å². The van der Waals surface area contributed by atoms with Gasteiger partial charge in [0.05, 0.1) is 17.1 Å². The van der Waals surface area contributed by atoms with E-state index >= 15 is 0 Å². The van der Waals surface area contributed by atoms with Crippen LogP contribution in [0.2, 0.25) is 0 Å². The highest BCUT2D eigenvalue weighted by molar-refractivity contribution is 5.89. The topological polar surface area (TPSA) is 60.6 Å². The highest BCUT2D eigenvalue weighted by Gasteiger charge is 2.12. The molecule has 0 aliphatic heterocycles. The van der Waals surface area contributed by atoms with Gasteiger partial charge in [-0.2, -0.15) is 0 Å². The van der Waals surface area contributed by atoms with Gasteiger partial charge < -0.3 is 12.4 Å². The minimum absolute atomic E-state index is 0. The molecule has 2 aromatic carbocycles. The lowest BCUT2D eigenvalue weighted by molar-refractivity contribution is -0.687. The Labute approximate surface area is 133 Å². The summed E-state index contributed by atoms with van der Waals surface area (Å²) in [5.74, 6) is 0.729. The van der Waals surface area contributed by atoms with E-state index in [0.717, 1.165) is 27.6 Å². The van der Waals surface area contributed by atoms with E-state index in [1.165, 1.54) is 0 Å². The van der Waals surface area contributed by atoms with Crippen LogP contribution in [-0.2, 0) is 6.67 Å². The number of anilines is 1. The fraction of sp³-hybridized carbons (Fsp3) is 0.0625. The highest BCUT2D eigenvalue weighted by Crippen LogP contribution is 2.17. The van der Waals surface area contributed by atoms with Crippen LogP contribution in [0.15, 0.2) is 60.8 Å². The van der Waals surface area contributed by atoms with Gasteiger partial charge in [0.1, 0.15) is 5.52 Å². The summed E-state index contributed by atoms with van der Waals surface area (Å²) in [6.07, 6.45) is 1.98. The smallest absolute Gasteiger partial charge is 0.281 e. The third kappa shape index (κ3) is 2.25. The number of pyridine rings is 1. The van der Waals surface area contributed by atoms with E-state index in [-0.39, 0.29) is 12.4 Å². The first kappa shape index (κ1) is 14.3. The average Bonchev–Trinajstić information content (AvgIpc) is 2.94. The largest absolute Gasteiger partial charge is 1.00 e. The van der Waals surface area contributed by atoms with Crippen LogP contribution in [0, 0.1) is 0 Å². The molecule has 4 aromatic rings. The van der Waals surface area contributed by atoms with Crippen molar-refractivity contribution >= 4 is 27.6 Å². The lowest BCUT2D eigenvalue weighted by Gasteiger charge is -2.06. The molecule has 110 valence electrons. The number of benzene rings is 2. The van der Waals surface area contributed by atoms with Crippen LogP contribution in [-0.4, -0.2) is 15.0 Å². The quantitative estimate of drug-likeness (QED) is 0.481. The summed E-state index contributed by atoms with van der Waals surface area (Å²) < 4.78 is 3.82. The van der Waals surface area contributed by atoms with Gasteiger partial charge in [0.25, 0.3) is 5.82 Å². The minimum Gasteiger partial charge on any atom is -1.00 e. The van der Waals surface area contributed by atoms with Crippen molar-refractivity contribution in [2.75, 3.05) is 5.73 Å². The van der Waals surface area contributed by atoms with E-state index in [9.17, 15) is 0 Å². The second-order valence-corrected chi connectivity index (χ2v) is 4.98. The lowest BCUT2D eigenvalue weighted by atomic mass is 10.1. The van der Waals surface area contributed by atoms with Gasteiger partial charge >= 0.3 is 0 Å². The summed E-state index contributed by atoms with van der Waals surface area (Å²) in [7, 11) is 0. The molecule has 0 aliphatic carbocycles. The van der Waals surface area contributed by atoms with Crippen molar-refractivity contribution in [3.63, 3.8) is 0 Å². The van der Waals surface area contributed by atoms with Crippen molar-refractivity contribution < 1.29 is 17.0 Å². The minimum atomic E-state index is 0. The zero-order valence-electron chi connectivity index (χ0n) is 11.7. The number of hydrogen-bond donors (Lipinski definition) is 1. The van der Waals surface area contributed by atoms with Crippen molar-refractivity contribution in [3.05, 3.63) is 60.8 Å². The van der Waals surface area contributed by atoms with E-state index < -0.39 is 0 Å². The highest BCUT2D eigenvalue weighted by atomic mass is 35.5. The third-order valence-corrected chi connectivity index (χ3v) is 3.69. The first-order chi connectivity index (χ1) is 10.3. The molecule has 0 spiro atoms. The standard InChI is InChI=1S/C16H13N5.ClH/c17-16-13-6-2-1-5-12(13)9-10-20(16)11-21-15-8-4-3-7-14(15)18-19-21;/h1-10,17H,11H2;1H. The summed E-state index contributed by atoms with van der Waals surface area (Å²) in [6.45, 7) is 0.539. The fourth-order valence-corrected chi connectivity index (χ4v) is 2.57. The molecule has 0 saturated carbocycles. The van der Waals surface area contributed by atoms with Crippen LogP contribution in [0.4, 0.5) is 5.82 Å². The van der Waals surface area contributed by atoms with E-state index in [4.69, 9.17) is 5.73 Å². The molecule has 5 nitrogen and oxygen atoms in total. The molecule has 2 N–H and O–H groups in total. The summed E-state index contributed by atoms with van der Waals surface area (Å²) in [4.78, 5) is 0. The maximum atomic E-state index is 6.28. The lowest BCUT2D eigenvalue weighted by Crippen LogP contribution is -3.00. The predicted molar refractivity (Wildman–Crippen MR) is 81.5 cm³/mol. The fourth-order valence-electron chi connectivity index (χ4n) is 2.57. The van der Waals surface area contributed by atoms with E-state index in [1.54, 1.807) is 0 Å². The van der Waals surface area contributed by atoms with Crippen molar-refractivity contribution in [1.82, 2.24) is 15.0 Å². The van der Waals surface area contributed by atoms with Gasteiger partial charge in [-0.05, 0) is 29.7 Å². The van der Waals surface area contributed by atoms with Gasteiger partial charge in [-0.15, -0.1) is 5.10 Å². The molecular formula is C16H14ClN5. The van der Waals surface area contributed by atoms with Gasteiger partial charge in [0, 0.05) is 0 Å². The van der Waals surface area contributed by atoms with Crippen molar-refractivity contribution in [2.45, 2.75) is 6.67 Å². The summed E-state index contributed by atoms with van der Waals surface area (Å²) in [5.41, 5.74) is 8.17. The molecule has 2 heterocycles. The summed E-state index contributed by atoms with van der Waals surface area (Å²) >= 11 is 0. The van der Waals surface area contributed by atoms with Crippen molar-refractivity contribution in [3.8, 4) is 0 Å². The van der Waals surface area contributed by atoms with Crippen LogP contribution in [0.1, 0.15) is 0 Å². The Bertz CT molecular complexity index is 947. The number of nitrogens with two attached hydrogens (primary N) is 1. The Hall–Kier alpha value is -2.66. The van der Waals surface area contributed by atoms with E-state index in [1.807, 2.05) is 57.9 Å². The first-order valence-corrected chi connectivity index (χ1v) is 6.78. The molecule has 6 heteroatoms. The van der Waals surface area contributed by atoms with Crippen LogP contribution in [0.3, 0.4) is 0 Å². The molecule has 0 radical (unpaired) electrons. The van der Waals surface area contributed by atoms with Crippen LogP contribution < -0.4 is 22.7 Å².